The van der Waals surface area contributed by atoms with E-state index in [1.54, 1.807) is 6.92 Å². The van der Waals surface area contributed by atoms with E-state index in [0.717, 1.165) is 12.1 Å². The number of rotatable bonds is 7. The van der Waals surface area contributed by atoms with Gasteiger partial charge in [-0.15, -0.1) is 0 Å². The Morgan fingerprint density at radius 2 is 2.22 bits per heavy atom. The van der Waals surface area contributed by atoms with Crippen LogP contribution in [0.5, 0.6) is 5.88 Å². The number of carbonyl (C=O) groups is 1. The summed E-state index contributed by atoms with van der Waals surface area (Å²) < 4.78 is 10.0. The van der Waals surface area contributed by atoms with Crippen molar-refractivity contribution in [2.24, 2.45) is 0 Å². The molecule has 0 aliphatic carbocycles. The fraction of sp³-hybridized carbons (Fsp3) is 0.400. The van der Waals surface area contributed by atoms with Gasteiger partial charge in [0, 0.05) is 12.7 Å². The first-order valence-corrected chi connectivity index (χ1v) is 5.15. The number of carboxylic acids is 1. The van der Waals surface area contributed by atoms with E-state index in [4.69, 9.17) is 14.6 Å². The van der Waals surface area contributed by atoms with Crippen molar-refractivity contribution in [2.45, 2.75) is 6.92 Å². The van der Waals surface area contributed by atoms with Crippen LogP contribution in [0.15, 0.2) is 12.1 Å². The SMILES string of the molecule is CCOCCOc1nc(C(=O)O)ccc1[N+](=O)[O-]. The standard InChI is InChI=1S/C10H12N2O6/c1-2-17-5-6-18-9-8(12(15)16)4-3-7(11-9)10(13)14/h3-4H,2,5-6H2,1H3,(H,13,14). The number of aromatic nitrogens is 1. The molecule has 0 atom stereocenters. The zero-order valence-corrected chi connectivity index (χ0v) is 9.66. The summed E-state index contributed by atoms with van der Waals surface area (Å²) in [6, 6.07) is 2.10. The lowest BCUT2D eigenvalue weighted by atomic mass is 10.3. The van der Waals surface area contributed by atoms with E-state index in [2.05, 4.69) is 4.98 Å². The van der Waals surface area contributed by atoms with Gasteiger partial charge in [0.05, 0.1) is 11.5 Å². The average Bonchev–Trinajstić information content (AvgIpc) is 2.34. The molecule has 1 heterocycles. The first-order chi connectivity index (χ1) is 8.56. The highest BCUT2D eigenvalue weighted by Gasteiger charge is 2.19. The number of carboxylic acid groups (broad SMARTS) is 1. The van der Waals surface area contributed by atoms with Crippen LogP contribution in [0.25, 0.3) is 0 Å². The van der Waals surface area contributed by atoms with Gasteiger partial charge in [-0.25, -0.2) is 9.78 Å². The Labute approximate surface area is 102 Å². The van der Waals surface area contributed by atoms with Gasteiger partial charge in [0.1, 0.15) is 6.61 Å². The third-order valence-corrected chi connectivity index (χ3v) is 1.93. The van der Waals surface area contributed by atoms with E-state index in [1.807, 2.05) is 0 Å². The predicted octanol–water partition coefficient (Wildman–Crippen LogP) is 1.10. The van der Waals surface area contributed by atoms with Crippen molar-refractivity contribution >= 4 is 11.7 Å². The minimum absolute atomic E-state index is 0.0603. The molecule has 1 aromatic rings. The number of nitrogens with zero attached hydrogens (tertiary/aromatic N) is 2. The van der Waals surface area contributed by atoms with Gasteiger partial charge in [-0.05, 0) is 13.0 Å². The van der Waals surface area contributed by atoms with Crippen LogP contribution in [-0.2, 0) is 4.74 Å². The fourth-order valence-corrected chi connectivity index (χ4v) is 1.14. The molecule has 0 aliphatic heterocycles. The first-order valence-electron chi connectivity index (χ1n) is 5.15. The summed E-state index contributed by atoms with van der Waals surface area (Å²) in [4.78, 5) is 24.3. The van der Waals surface area contributed by atoms with Gasteiger partial charge < -0.3 is 14.6 Å². The van der Waals surface area contributed by atoms with Crippen LogP contribution in [-0.4, -0.2) is 40.8 Å². The molecule has 0 aliphatic rings. The van der Waals surface area contributed by atoms with Crippen LogP contribution in [0.1, 0.15) is 17.4 Å². The Balaban J connectivity index is 2.86. The highest BCUT2D eigenvalue weighted by Crippen LogP contribution is 2.24. The first kappa shape index (κ1) is 13.8. The topological polar surface area (TPSA) is 112 Å². The zero-order valence-electron chi connectivity index (χ0n) is 9.66. The smallest absolute Gasteiger partial charge is 0.354 e. The average molecular weight is 256 g/mol. The second kappa shape index (κ2) is 6.50. The van der Waals surface area contributed by atoms with Crippen molar-refractivity contribution in [3.63, 3.8) is 0 Å². The molecule has 18 heavy (non-hydrogen) atoms. The van der Waals surface area contributed by atoms with Gasteiger partial charge >= 0.3 is 11.7 Å². The zero-order chi connectivity index (χ0) is 13.5. The molecule has 1 rings (SSSR count). The maximum absolute atomic E-state index is 10.7. The van der Waals surface area contributed by atoms with Crippen LogP contribution in [0.4, 0.5) is 5.69 Å². The number of hydrogen-bond acceptors (Lipinski definition) is 6. The van der Waals surface area contributed by atoms with Crippen molar-refractivity contribution < 1.29 is 24.3 Å². The highest BCUT2D eigenvalue weighted by atomic mass is 16.6. The molecular weight excluding hydrogens is 244 g/mol. The predicted molar refractivity (Wildman–Crippen MR) is 59.8 cm³/mol. The third-order valence-electron chi connectivity index (χ3n) is 1.93. The number of aromatic carboxylic acids is 1. The number of nitro groups is 1. The van der Waals surface area contributed by atoms with Crippen molar-refractivity contribution in [2.75, 3.05) is 19.8 Å². The van der Waals surface area contributed by atoms with Crippen LogP contribution in [0, 0.1) is 10.1 Å². The quantitative estimate of drug-likeness (QED) is 0.441. The van der Waals surface area contributed by atoms with Crippen molar-refractivity contribution in [3.05, 3.63) is 27.9 Å². The molecule has 0 unspecified atom stereocenters. The van der Waals surface area contributed by atoms with Crippen LogP contribution in [0.3, 0.4) is 0 Å². The lowest BCUT2D eigenvalue weighted by Crippen LogP contribution is -2.10. The molecule has 0 fully saturated rings. The summed E-state index contributed by atoms with van der Waals surface area (Å²) >= 11 is 0. The molecule has 1 aromatic heterocycles. The van der Waals surface area contributed by atoms with Gasteiger partial charge in [-0.2, -0.15) is 0 Å². The Hall–Kier alpha value is -2.22. The molecule has 0 saturated carbocycles. The minimum atomic E-state index is -1.28. The normalized spacial score (nSPS) is 10.1. The van der Waals surface area contributed by atoms with E-state index in [1.165, 1.54) is 0 Å². The van der Waals surface area contributed by atoms with Gasteiger partial charge in [-0.1, -0.05) is 0 Å². The largest absolute Gasteiger partial charge is 0.477 e. The lowest BCUT2D eigenvalue weighted by molar-refractivity contribution is -0.386. The molecule has 98 valence electrons. The molecular formula is C10H12N2O6. The second-order valence-corrected chi connectivity index (χ2v) is 3.13. The van der Waals surface area contributed by atoms with E-state index in [0.29, 0.717) is 6.61 Å². The molecule has 0 aromatic carbocycles. The van der Waals surface area contributed by atoms with E-state index >= 15 is 0 Å². The number of pyridine rings is 1. The van der Waals surface area contributed by atoms with E-state index in [9.17, 15) is 14.9 Å². The molecule has 0 spiro atoms. The van der Waals surface area contributed by atoms with Crippen LogP contribution < -0.4 is 4.74 Å². The minimum Gasteiger partial charge on any atom is -0.477 e. The summed E-state index contributed by atoms with van der Waals surface area (Å²) in [7, 11) is 0. The van der Waals surface area contributed by atoms with Crippen molar-refractivity contribution in [1.29, 1.82) is 0 Å². The molecule has 1 N–H and O–H groups in total. The Bertz CT molecular complexity index is 448. The summed E-state index contributed by atoms with van der Waals surface area (Å²) in [6.07, 6.45) is 0. The maximum atomic E-state index is 10.7. The highest BCUT2D eigenvalue weighted by molar-refractivity contribution is 5.85. The Morgan fingerprint density at radius 1 is 1.50 bits per heavy atom. The number of hydrogen-bond donors (Lipinski definition) is 1. The van der Waals surface area contributed by atoms with Gasteiger partial charge in [0.2, 0.25) is 0 Å². The molecule has 8 nitrogen and oxygen atoms in total. The monoisotopic (exact) mass is 256 g/mol. The molecule has 0 amide bonds. The number of ether oxygens (including phenoxy) is 2. The summed E-state index contributed by atoms with van der Waals surface area (Å²) in [5, 5.41) is 19.4. The van der Waals surface area contributed by atoms with Gasteiger partial charge in [0.25, 0.3) is 5.88 Å². The van der Waals surface area contributed by atoms with Gasteiger partial charge in [0.15, 0.2) is 5.69 Å². The third kappa shape index (κ3) is 3.67. The summed E-state index contributed by atoms with van der Waals surface area (Å²) in [5.74, 6) is -1.60. The summed E-state index contributed by atoms with van der Waals surface area (Å²) in [6.45, 7) is 2.59. The molecule has 0 radical (unpaired) electrons. The maximum Gasteiger partial charge on any atom is 0.354 e. The van der Waals surface area contributed by atoms with Crippen LogP contribution in [0.2, 0.25) is 0 Å². The lowest BCUT2D eigenvalue weighted by Gasteiger charge is -2.06. The van der Waals surface area contributed by atoms with Crippen molar-refractivity contribution in [3.8, 4) is 5.88 Å². The van der Waals surface area contributed by atoms with Crippen molar-refractivity contribution in [1.82, 2.24) is 4.98 Å². The fourth-order valence-electron chi connectivity index (χ4n) is 1.14. The summed E-state index contributed by atoms with van der Waals surface area (Å²) in [5.41, 5.74) is -0.691. The van der Waals surface area contributed by atoms with Crippen LogP contribution >= 0.6 is 0 Å². The molecule has 0 saturated heterocycles. The Kier molecular flexibility index (Phi) is 5.00. The van der Waals surface area contributed by atoms with Gasteiger partial charge in [-0.3, -0.25) is 10.1 Å². The Morgan fingerprint density at radius 3 is 2.78 bits per heavy atom. The van der Waals surface area contributed by atoms with E-state index < -0.39 is 10.9 Å². The second-order valence-electron chi connectivity index (χ2n) is 3.13. The van der Waals surface area contributed by atoms with E-state index in [-0.39, 0.29) is 30.5 Å². The molecule has 8 heteroatoms. The molecule has 0 bridgehead atoms.